The van der Waals surface area contributed by atoms with Crippen molar-refractivity contribution in [2.75, 3.05) is 31.1 Å². The van der Waals surface area contributed by atoms with Gasteiger partial charge in [-0.15, -0.1) is 0 Å². The molecule has 2 fully saturated rings. The molecule has 0 atom stereocenters. The number of amides is 1. The average Bonchev–Trinajstić information content (AvgIpc) is 3.24. The van der Waals surface area contributed by atoms with E-state index in [4.69, 9.17) is 9.26 Å². The molecule has 30 heavy (non-hydrogen) atoms. The third-order valence-corrected chi connectivity index (χ3v) is 5.82. The van der Waals surface area contributed by atoms with Gasteiger partial charge in [0, 0.05) is 43.3 Å². The summed E-state index contributed by atoms with van der Waals surface area (Å²) in [5.41, 5.74) is 1.64. The van der Waals surface area contributed by atoms with E-state index in [9.17, 15) is 4.79 Å². The van der Waals surface area contributed by atoms with E-state index in [1.807, 2.05) is 32.9 Å². The fraction of sp³-hybridized carbons (Fsp3) is 0.609. The van der Waals surface area contributed by atoms with Crippen molar-refractivity contribution in [1.82, 2.24) is 15.0 Å². The van der Waals surface area contributed by atoms with E-state index >= 15 is 0 Å². The smallest absolute Gasteiger partial charge is 0.410 e. The first-order chi connectivity index (χ1) is 14.4. The van der Waals surface area contributed by atoms with Crippen molar-refractivity contribution >= 4 is 11.8 Å². The third-order valence-electron chi connectivity index (χ3n) is 5.82. The van der Waals surface area contributed by atoms with Gasteiger partial charge in [-0.2, -0.15) is 4.98 Å². The first kappa shape index (κ1) is 20.7. The molecule has 0 bridgehead atoms. The van der Waals surface area contributed by atoms with Crippen LogP contribution in [-0.4, -0.2) is 52.9 Å². The van der Waals surface area contributed by atoms with Gasteiger partial charge >= 0.3 is 6.09 Å². The van der Waals surface area contributed by atoms with Crippen LogP contribution in [0.3, 0.4) is 0 Å². The van der Waals surface area contributed by atoms with E-state index in [-0.39, 0.29) is 6.09 Å². The van der Waals surface area contributed by atoms with Crippen molar-refractivity contribution in [3.63, 3.8) is 0 Å². The fourth-order valence-corrected chi connectivity index (χ4v) is 4.16. The normalized spacial score (nSPS) is 18.5. The maximum atomic E-state index is 12.2. The van der Waals surface area contributed by atoms with Crippen LogP contribution in [-0.2, 0) is 4.74 Å². The van der Waals surface area contributed by atoms with Crippen LogP contribution in [0.25, 0.3) is 11.4 Å². The van der Waals surface area contributed by atoms with Crippen molar-refractivity contribution in [2.45, 2.75) is 64.4 Å². The van der Waals surface area contributed by atoms with Crippen LogP contribution in [0.5, 0.6) is 0 Å². The minimum absolute atomic E-state index is 0.233. The third kappa shape index (κ3) is 4.94. The van der Waals surface area contributed by atoms with E-state index in [1.54, 1.807) is 4.90 Å². The first-order valence-electron chi connectivity index (χ1n) is 11.1. The maximum Gasteiger partial charge on any atom is 0.410 e. The minimum atomic E-state index is -0.462. The van der Waals surface area contributed by atoms with Gasteiger partial charge in [0.15, 0.2) is 0 Å². The molecular weight excluding hydrogens is 380 g/mol. The monoisotopic (exact) mass is 412 g/mol. The molecule has 1 saturated carbocycles. The lowest BCUT2D eigenvalue weighted by atomic mass is 9.89. The Bertz CT molecular complexity index is 842. The van der Waals surface area contributed by atoms with Crippen molar-refractivity contribution in [3.05, 3.63) is 30.2 Å². The SMILES string of the molecule is CC(C)(C)OC(=O)N1CCN(c2ccc(-c3noc(C4CCCCC4)n3)cc2)CC1. The Kier molecular flexibility index (Phi) is 5.97. The van der Waals surface area contributed by atoms with Crippen LogP contribution in [0.2, 0.25) is 0 Å². The van der Waals surface area contributed by atoms with Crippen molar-refractivity contribution in [2.24, 2.45) is 0 Å². The molecular formula is C23H32N4O3. The van der Waals surface area contributed by atoms with Gasteiger partial charge in [-0.3, -0.25) is 0 Å². The number of ether oxygens (including phenoxy) is 1. The number of carbonyl (C=O) groups is 1. The van der Waals surface area contributed by atoms with Crippen LogP contribution >= 0.6 is 0 Å². The minimum Gasteiger partial charge on any atom is -0.444 e. The topological polar surface area (TPSA) is 71.7 Å². The zero-order valence-corrected chi connectivity index (χ0v) is 18.3. The molecule has 4 rings (SSSR count). The summed E-state index contributed by atoms with van der Waals surface area (Å²) < 4.78 is 11.0. The summed E-state index contributed by atoms with van der Waals surface area (Å²) in [5, 5.41) is 4.20. The zero-order valence-electron chi connectivity index (χ0n) is 18.3. The Balaban J connectivity index is 1.34. The summed E-state index contributed by atoms with van der Waals surface area (Å²) >= 11 is 0. The number of hydrogen-bond acceptors (Lipinski definition) is 6. The van der Waals surface area contributed by atoms with Crippen LogP contribution in [0.4, 0.5) is 10.5 Å². The molecule has 2 aromatic rings. The highest BCUT2D eigenvalue weighted by molar-refractivity contribution is 5.69. The summed E-state index contributed by atoms with van der Waals surface area (Å²) in [6, 6.07) is 8.28. The maximum absolute atomic E-state index is 12.2. The van der Waals surface area contributed by atoms with Crippen LogP contribution < -0.4 is 4.90 Å². The molecule has 0 N–H and O–H groups in total. The van der Waals surface area contributed by atoms with Crippen molar-refractivity contribution < 1.29 is 14.1 Å². The molecule has 2 aliphatic rings. The number of rotatable bonds is 3. The molecule has 1 saturated heterocycles. The molecule has 1 aliphatic carbocycles. The van der Waals surface area contributed by atoms with Gasteiger partial charge in [-0.1, -0.05) is 24.4 Å². The summed E-state index contributed by atoms with van der Waals surface area (Å²) in [4.78, 5) is 21.0. The Morgan fingerprint density at radius 2 is 1.70 bits per heavy atom. The number of hydrogen-bond donors (Lipinski definition) is 0. The number of anilines is 1. The van der Waals surface area contributed by atoms with Gasteiger partial charge in [0.2, 0.25) is 11.7 Å². The molecule has 7 heteroatoms. The summed E-state index contributed by atoms with van der Waals surface area (Å²) in [7, 11) is 0. The van der Waals surface area contributed by atoms with Gasteiger partial charge in [0.05, 0.1) is 0 Å². The van der Waals surface area contributed by atoms with E-state index in [0.29, 0.717) is 24.8 Å². The number of piperazine rings is 1. The van der Waals surface area contributed by atoms with Gasteiger partial charge in [-0.05, 0) is 57.9 Å². The van der Waals surface area contributed by atoms with Crippen molar-refractivity contribution in [3.8, 4) is 11.4 Å². The lowest BCUT2D eigenvalue weighted by molar-refractivity contribution is 0.0240. The van der Waals surface area contributed by atoms with Gasteiger partial charge in [0.1, 0.15) is 5.60 Å². The molecule has 0 unspecified atom stereocenters. The second-order valence-corrected chi connectivity index (χ2v) is 9.29. The Morgan fingerprint density at radius 1 is 1.03 bits per heavy atom. The summed E-state index contributed by atoms with van der Waals surface area (Å²) in [5.74, 6) is 1.87. The van der Waals surface area contributed by atoms with Gasteiger partial charge < -0.3 is 19.1 Å². The Morgan fingerprint density at radius 3 is 2.33 bits per heavy atom. The van der Waals surface area contributed by atoms with Gasteiger partial charge in [-0.25, -0.2) is 4.79 Å². The van der Waals surface area contributed by atoms with E-state index in [2.05, 4.69) is 27.2 Å². The Hall–Kier alpha value is -2.57. The quantitative estimate of drug-likeness (QED) is 0.718. The first-order valence-corrected chi connectivity index (χ1v) is 11.1. The lowest BCUT2D eigenvalue weighted by Crippen LogP contribution is -2.50. The molecule has 1 aromatic heterocycles. The average molecular weight is 413 g/mol. The molecule has 0 spiro atoms. The van der Waals surface area contributed by atoms with E-state index < -0.39 is 5.60 Å². The lowest BCUT2D eigenvalue weighted by Gasteiger charge is -2.36. The summed E-state index contributed by atoms with van der Waals surface area (Å²) in [6.45, 7) is 8.57. The molecule has 7 nitrogen and oxygen atoms in total. The highest BCUT2D eigenvalue weighted by atomic mass is 16.6. The van der Waals surface area contributed by atoms with Crippen LogP contribution in [0, 0.1) is 0 Å². The highest BCUT2D eigenvalue weighted by Crippen LogP contribution is 2.32. The Labute approximate surface area is 178 Å². The fourth-order valence-electron chi connectivity index (χ4n) is 4.16. The number of carbonyl (C=O) groups excluding carboxylic acids is 1. The summed E-state index contributed by atoms with van der Waals surface area (Å²) in [6.07, 6.45) is 5.87. The molecule has 1 amide bonds. The predicted octanol–water partition coefficient (Wildman–Crippen LogP) is 4.84. The predicted molar refractivity (Wildman–Crippen MR) is 116 cm³/mol. The number of benzene rings is 1. The van der Waals surface area contributed by atoms with Crippen LogP contribution in [0.15, 0.2) is 28.8 Å². The molecule has 1 aromatic carbocycles. The number of aromatic nitrogens is 2. The standard InChI is InChI=1S/C23H32N4O3/c1-23(2,3)29-22(28)27-15-13-26(14-16-27)19-11-9-17(10-12-19)20-24-21(30-25-20)18-7-5-4-6-8-18/h9-12,18H,4-8,13-16H2,1-3H3. The highest BCUT2D eigenvalue weighted by Gasteiger charge is 2.26. The molecule has 2 heterocycles. The van der Waals surface area contributed by atoms with E-state index in [1.165, 1.54) is 19.3 Å². The molecule has 0 radical (unpaired) electrons. The van der Waals surface area contributed by atoms with E-state index in [0.717, 1.165) is 43.1 Å². The second kappa shape index (κ2) is 8.66. The number of nitrogens with zero attached hydrogens (tertiary/aromatic N) is 4. The molecule has 1 aliphatic heterocycles. The van der Waals surface area contributed by atoms with Crippen molar-refractivity contribution in [1.29, 1.82) is 0 Å². The van der Waals surface area contributed by atoms with Crippen LogP contribution in [0.1, 0.15) is 64.7 Å². The van der Waals surface area contributed by atoms with Gasteiger partial charge in [0.25, 0.3) is 0 Å². The molecule has 162 valence electrons. The largest absolute Gasteiger partial charge is 0.444 e. The second-order valence-electron chi connectivity index (χ2n) is 9.29. The zero-order chi connectivity index (χ0) is 21.1.